The molecule has 0 aliphatic carbocycles. The highest BCUT2D eigenvalue weighted by Crippen LogP contribution is 2.23. The lowest BCUT2D eigenvalue weighted by molar-refractivity contribution is -0.122. The predicted molar refractivity (Wildman–Crippen MR) is 106 cm³/mol. The van der Waals surface area contributed by atoms with Gasteiger partial charge < -0.3 is 20.9 Å². The molecule has 1 fully saturated rings. The summed E-state index contributed by atoms with van der Waals surface area (Å²) in [5, 5.41) is 8.88. The van der Waals surface area contributed by atoms with E-state index in [9.17, 15) is 9.59 Å². The molecule has 144 valence electrons. The summed E-state index contributed by atoms with van der Waals surface area (Å²) in [6.45, 7) is 4.84. The van der Waals surface area contributed by atoms with Gasteiger partial charge in [-0.15, -0.1) is 0 Å². The maximum atomic E-state index is 12.3. The Labute approximate surface area is 156 Å². The van der Waals surface area contributed by atoms with Gasteiger partial charge in [0.25, 0.3) is 0 Å². The third kappa shape index (κ3) is 6.22. The topological polar surface area (TPSA) is 76.7 Å². The molecule has 1 aliphatic rings. The summed E-state index contributed by atoms with van der Waals surface area (Å²) in [5.41, 5.74) is 1.76. The molecule has 0 saturated carbocycles. The van der Waals surface area contributed by atoms with Crippen LogP contribution in [0.15, 0.2) is 24.3 Å². The van der Waals surface area contributed by atoms with Crippen molar-refractivity contribution in [3.05, 3.63) is 24.3 Å². The van der Waals surface area contributed by atoms with Gasteiger partial charge in [0.15, 0.2) is 0 Å². The lowest BCUT2D eigenvalue weighted by Gasteiger charge is -2.32. The fourth-order valence-electron chi connectivity index (χ4n) is 3.07. The van der Waals surface area contributed by atoms with Crippen LogP contribution in [-0.2, 0) is 4.79 Å². The maximum absolute atomic E-state index is 12.3. The molecule has 0 radical (unpaired) electrons. The second-order valence-electron chi connectivity index (χ2n) is 6.91. The lowest BCUT2D eigenvalue weighted by atomic mass is 10.1. The van der Waals surface area contributed by atoms with Crippen molar-refractivity contribution in [1.29, 1.82) is 0 Å². The second kappa shape index (κ2) is 10.0. The van der Waals surface area contributed by atoms with Gasteiger partial charge in [-0.2, -0.15) is 0 Å². The standard InChI is InChI=1S/C19H31N5O2/c1-4-11-20-18(25)14-24-12-9-15(10-13-24)21-19(26)22-16-7-5-6-8-17(16)23(2)3/h5-8,15H,4,9-14H2,1-3H3,(H,20,25)(H2,21,22,26). The van der Waals surface area contributed by atoms with Crippen molar-refractivity contribution >= 4 is 23.3 Å². The molecule has 1 aromatic carbocycles. The first kappa shape index (κ1) is 20.0. The summed E-state index contributed by atoms with van der Waals surface area (Å²) in [7, 11) is 3.90. The minimum atomic E-state index is -0.182. The first-order valence-electron chi connectivity index (χ1n) is 9.32. The van der Waals surface area contributed by atoms with Crippen LogP contribution < -0.4 is 20.9 Å². The Morgan fingerprint density at radius 1 is 1.19 bits per heavy atom. The highest BCUT2D eigenvalue weighted by Gasteiger charge is 2.22. The molecule has 1 aromatic rings. The summed E-state index contributed by atoms with van der Waals surface area (Å²) in [4.78, 5) is 28.2. The fraction of sp³-hybridized carbons (Fsp3) is 0.579. The minimum absolute atomic E-state index is 0.0799. The molecular weight excluding hydrogens is 330 g/mol. The van der Waals surface area contributed by atoms with Crippen LogP contribution in [0.5, 0.6) is 0 Å². The van der Waals surface area contributed by atoms with Crippen LogP contribution in [-0.4, -0.2) is 63.2 Å². The molecule has 0 aromatic heterocycles. The van der Waals surface area contributed by atoms with E-state index in [1.54, 1.807) is 0 Å². The minimum Gasteiger partial charge on any atom is -0.376 e. The molecule has 0 spiro atoms. The number of para-hydroxylation sites is 2. The molecule has 7 heteroatoms. The van der Waals surface area contributed by atoms with Gasteiger partial charge in [-0.3, -0.25) is 9.69 Å². The molecule has 1 heterocycles. The van der Waals surface area contributed by atoms with E-state index in [0.717, 1.165) is 50.3 Å². The second-order valence-corrected chi connectivity index (χ2v) is 6.91. The Hall–Kier alpha value is -2.28. The van der Waals surface area contributed by atoms with Gasteiger partial charge in [0.2, 0.25) is 5.91 Å². The van der Waals surface area contributed by atoms with Crippen molar-refractivity contribution in [3.8, 4) is 0 Å². The van der Waals surface area contributed by atoms with Crippen molar-refractivity contribution in [3.63, 3.8) is 0 Å². The Kier molecular flexibility index (Phi) is 7.72. The first-order valence-corrected chi connectivity index (χ1v) is 9.32. The fourth-order valence-corrected chi connectivity index (χ4v) is 3.07. The highest BCUT2D eigenvalue weighted by molar-refractivity contribution is 5.93. The number of likely N-dealkylation sites (tertiary alicyclic amines) is 1. The Balaban J connectivity index is 1.75. The number of rotatable bonds is 7. The number of carbonyl (C=O) groups is 2. The largest absolute Gasteiger partial charge is 0.376 e. The van der Waals surface area contributed by atoms with Crippen molar-refractivity contribution < 1.29 is 9.59 Å². The summed E-state index contributed by atoms with van der Waals surface area (Å²) in [5.74, 6) is 0.0799. The maximum Gasteiger partial charge on any atom is 0.319 e. The first-order chi connectivity index (χ1) is 12.5. The number of urea groups is 1. The number of benzene rings is 1. The number of hydrogen-bond donors (Lipinski definition) is 3. The number of anilines is 2. The number of amides is 3. The normalized spacial score (nSPS) is 15.3. The molecular formula is C19H31N5O2. The molecule has 0 unspecified atom stereocenters. The average Bonchev–Trinajstić information content (AvgIpc) is 2.62. The highest BCUT2D eigenvalue weighted by atomic mass is 16.2. The molecule has 3 amide bonds. The van der Waals surface area contributed by atoms with Gasteiger partial charge in [0, 0.05) is 39.8 Å². The summed E-state index contributed by atoms with van der Waals surface area (Å²) in [6.07, 6.45) is 2.65. The van der Waals surface area contributed by atoms with Gasteiger partial charge in [-0.05, 0) is 31.4 Å². The van der Waals surface area contributed by atoms with Crippen molar-refractivity contribution in [2.24, 2.45) is 0 Å². The number of piperidine rings is 1. The Morgan fingerprint density at radius 2 is 1.88 bits per heavy atom. The monoisotopic (exact) mass is 361 g/mol. The lowest BCUT2D eigenvalue weighted by Crippen LogP contribution is -2.48. The van der Waals surface area contributed by atoms with Crippen LogP contribution in [0, 0.1) is 0 Å². The van der Waals surface area contributed by atoms with E-state index in [1.807, 2.05) is 50.2 Å². The van der Waals surface area contributed by atoms with Crippen molar-refractivity contribution in [2.75, 3.05) is 50.5 Å². The number of hydrogen-bond acceptors (Lipinski definition) is 4. The smallest absolute Gasteiger partial charge is 0.319 e. The molecule has 2 rings (SSSR count). The van der Waals surface area contributed by atoms with Gasteiger partial charge in [0.1, 0.15) is 0 Å². The molecule has 3 N–H and O–H groups in total. The zero-order chi connectivity index (χ0) is 18.9. The average molecular weight is 361 g/mol. The number of carbonyl (C=O) groups excluding carboxylic acids is 2. The van der Waals surface area contributed by atoms with E-state index in [1.165, 1.54) is 0 Å². The zero-order valence-corrected chi connectivity index (χ0v) is 16.0. The van der Waals surface area contributed by atoms with Crippen LogP contribution in [0.2, 0.25) is 0 Å². The number of nitrogens with zero attached hydrogens (tertiary/aromatic N) is 2. The van der Waals surface area contributed by atoms with E-state index in [-0.39, 0.29) is 18.0 Å². The molecule has 0 atom stereocenters. The van der Waals surface area contributed by atoms with Gasteiger partial charge >= 0.3 is 6.03 Å². The van der Waals surface area contributed by atoms with Crippen LogP contribution in [0.3, 0.4) is 0 Å². The molecule has 7 nitrogen and oxygen atoms in total. The Morgan fingerprint density at radius 3 is 2.54 bits per heavy atom. The van der Waals surface area contributed by atoms with Gasteiger partial charge in [0.05, 0.1) is 17.9 Å². The van der Waals surface area contributed by atoms with Gasteiger partial charge in [-0.25, -0.2) is 4.79 Å². The van der Waals surface area contributed by atoms with Gasteiger partial charge in [-0.1, -0.05) is 19.1 Å². The number of nitrogens with one attached hydrogen (secondary N) is 3. The van der Waals surface area contributed by atoms with E-state index in [4.69, 9.17) is 0 Å². The summed E-state index contributed by atoms with van der Waals surface area (Å²) in [6, 6.07) is 7.68. The quantitative estimate of drug-likeness (QED) is 0.693. The predicted octanol–water partition coefficient (Wildman–Crippen LogP) is 1.86. The van der Waals surface area contributed by atoms with E-state index in [2.05, 4.69) is 20.9 Å². The van der Waals surface area contributed by atoms with Crippen molar-refractivity contribution in [1.82, 2.24) is 15.5 Å². The van der Waals surface area contributed by atoms with Crippen LogP contribution >= 0.6 is 0 Å². The molecule has 0 bridgehead atoms. The Bertz CT molecular complexity index is 597. The summed E-state index contributed by atoms with van der Waals surface area (Å²) < 4.78 is 0. The van der Waals surface area contributed by atoms with Crippen molar-refractivity contribution in [2.45, 2.75) is 32.2 Å². The van der Waals surface area contributed by atoms with Crippen LogP contribution in [0.4, 0.5) is 16.2 Å². The molecule has 1 saturated heterocycles. The van der Waals surface area contributed by atoms with E-state index in [0.29, 0.717) is 6.54 Å². The van der Waals surface area contributed by atoms with Crippen LogP contribution in [0.1, 0.15) is 26.2 Å². The van der Waals surface area contributed by atoms with E-state index >= 15 is 0 Å². The molecule has 1 aliphatic heterocycles. The SMILES string of the molecule is CCCNC(=O)CN1CCC(NC(=O)Nc2ccccc2N(C)C)CC1. The molecule has 26 heavy (non-hydrogen) atoms. The third-order valence-corrected chi connectivity index (χ3v) is 4.50. The third-order valence-electron chi connectivity index (χ3n) is 4.50. The van der Waals surface area contributed by atoms with Crippen LogP contribution in [0.25, 0.3) is 0 Å². The summed E-state index contributed by atoms with van der Waals surface area (Å²) >= 11 is 0. The zero-order valence-electron chi connectivity index (χ0n) is 16.0. The van der Waals surface area contributed by atoms with E-state index < -0.39 is 0 Å².